The molecule has 2 aliphatic rings. The molecule has 1 saturated heterocycles. The van der Waals surface area contributed by atoms with Crippen molar-refractivity contribution in [2.75, 3.05) is 13.7 Å². The summed E-state index contributed by atoms with van der Waals surface area (Å²) in [7, 11) is 1.51. The van der Waals surface area contributed by atoms with E-state index in [2.05, 4.69) is 4.98 Å². The summed E-state index contributed by atoms with van der Waals surface area (Å²) in [5.74, 6) is -0.570. The molecule has 27 heavy (non-hydrogen) atoms. The van der Waals surface area contributed by atoms with Gasteiger partial charge < -0.3 is 14.6 Å². The minimum atomic E-state index is -0.472. The van der Waals surface area contributed by atoms with Gasteiger partial charge in [0.05, 0.1) is 33.7 Å². The minimum Gasteiger partial charge on any atom is -0.504 e. The first-order valence-corrected chi connectivity index (χ1v) is 9.39. The SMILES string of the molecule is COc1cc(C2c3c(ccc4nc(C)sc34)N=C3COC(=O)C32)ccc1O. The monoisotopic (exact) mass is 380 g/mol. The molecule has 0 saturated carbocycles. The van der Waals surface area contributed by atoms with E-state index in [1.165, 1.54) is 7.11 Å². The number of aliphatic imine (C=N–C) groups is 1. The highest BCUT2D eigenvalue weighted by molar-refractivity contribution is 7.18. The van der Waals surface area contributed by atoms with Gasteiger partial charge in [0.25, 0.3) is 0 Å². The van der Waals surface area contributed by atoms with Gasteiger partial charge in [0.15, 0.2) is 11.5 Å². The van der Waals surface area contributed by atoms with Crippen LogP contribution in [0.1, 0.15) is 22.1 Å². The van der Waals surface area contributed by atoms with Gasteiger partial charge in [-0.1, -0.05) is 6.07 Å². The van der Waals surface area contributed by atoms with Gasteiger partial charge in [-0.2, -0.15) is 0 Å². The van der Waals surface area contributed by atoms with E-state index in [1.807, 2.05) is 25.1 Å². The molecular weight excluding hydrogens is 364 g/mol. The lowest BCUT2D eigenvalue weighted by Crippen LogP contribution is -2.28. The van der Waals surface area contributed by atoms with E-state index in [-0.39, 0.29) is 24.2 Å². The lowest BCUT2D eigenvalue weighted by Gasteiger charge is -2.28. The lowest BCUT2D eigenvalue weighted by molar-refractivity contribution is -0.141. The topological polar surface area (TPSA) is 81.0 Å². The van der Waals surface area contributed by atoms with Gasteiger partial charge in [-0.3, -0.25) is 9.79 Å². The third-order valence-electron chi connectivity index (χ3n) is 5.13. The van der Waals surface area contributed by atoms with Crippen molar-refractivity contribution in [2.24, 2.45) is 10.9 Å². The molecule has 136 valence electrons. The molecule has 2 aliphatic heterocycles. The summed E-state index contributed by atoms with van der Waals surface area (Å²) < 4.78 is 11.6. The molecule has 5 rings (SSSR count). The zero-order valence-corrected chi connectivity index (χ0v) is 15.5. The Balaban J connectivity index is 1.81. The average molecular weight is 380 g/mol. The number of fused-ring (bicyclic) bond motifs is 4. The van der Waals surface area contributed by atoms with Crippen LogP contribution in [-0.4, -0.2) is 35.5 Å². The van der Waals surface area contributed by atoms with E-state index in [1.54, 1.807) is 23.5 Å². The molecule has 0 aliphatic carbocycles. The Bertz CT molecular complexity index is 1130. The van der Waals surface area contributed by atoms with Gasteiger partial charge in [0.2, 0.25) is 0 Å². The number of carbonyl (C=O) groups is 1. The van der Waals surface area contributed by atoms with Crippen molar-refractivity contribution in [3.05, 3.63) is 46.5 Å². The van der Waals surface area contributed by atoms with Crippen LogP contribution in [0, 0.1) is 12.8 Å². The number of carbonyl (C=O) groups excluding carboxylic acids is 1. The second kappa shape index (κ2) is 5.79. The number of cyclic esters (lactones) is 1. The number of aromatic hydroxyl groups is 1. The molecule has 3 aromatic rings. The summed E-state index contributed by atoms with van der Waals surface area (Å²) in [6.45, 7) is 2.19. The summed E-state index contributed by atoms with van der Waals surface area (Å²) in [4.78, 5) is 21.9. The molecule has 1 fully saturated rings. The van der Waals surface area contributed by atoms with E-state index in [0.29, 0.717) is 5.75 Å². The maximum absolute atomic E-state index is 12.6. The molecule has 2 unspecified atom stereocenters. The van der Waals surface area contributed by atoms with Gasteiger partial charge in [0.1, 0.15) is 12.5 Å². The number of esters is 1. The summed E-state index contributed by atoms with van der Waals surface area (Å²) in [6, 6.07) is 9.12. The first kappa shape index (κ1) is 16.3. The number of hydrogen-bond donors (Lipinski definition) is 1. The Kier molecular flexibility index (Phi) is 3.48. The van der Waals surface area contributed by atoms with Crippen LogP contribution < -0.4 is 4.74 Å². The third-order valence-corrected chi connectivity index (χ3v) is 6.15. The van der Waals surface area contributed by atoms with Crippen molar-refractivity contribution < 1.29 is 19.4 Å². The Morgan fingerprint density at radius 3 is 2.93 bits per heavy atom. The molecular formula is C20H16N2O4S. The second-order valence-corrected chi connectivity index (χ2v) is 7.88. The van der Waals surface area contributed by atoms with Crippen LogP contribution in [0.15, 0.2) is 35.3 Å². The maximum Gasteiger partial charge on any atom is 0.316 e. The number of hydrogen-bond acceptors (Lipinski definition) is 7. The fourth-order valence-electron chi connectivity index (χ4n) is 3.97. The first-order valence-electron chi connectivity index (χ1n) is 8.58. The number of thiazole rings is 1. The van der Waals surface area contributed by atoms with Gasteiger partial charge in [0, 0.05) is 11.5 Å². The molecule has 0 radical (unpaired) electrons. The van der Waals surface area contributed by atoms with Gasteiger partial charge in [-0.05, 0) is 36.8 Å². The number of rotatable bonds is 2. The van der Waals surface area contributed by atoms with E-state index in [9.17, 15) is 9.90 Å². The van der Waals surface area contributed by atoms with Crippen molar-refractivity contribution in [2.45, 2.75) is 12.8 Å². The zero-order chi connectivity index (χ0) is 18.7. The van der Waals surface area contributed by atoms with Gasteiger partial charge in [-0.15, -0.1) is 11.3 Å². The number of aromatic nitrogens is 1. The number of aryl methyl sites for hydroxylation is 1. The third kappa shape index (κ3) is 2.35. The second-order valence-electron chi connectivity index (χ2n) is 6.68. The summed E-state index contributed by atoms with van der Waals surface area (Å²) in [6.07, 6.45) is 0. The molecule has 2 atom stereocenters. The van der Waals surface area contributed by atoms with E-state index in [0.717, 1.165) is 37.8 Å². The zero-order valence-electron chi connectivity index (χ0n) is 14.7. The van der Waals surface area contributed by atoms with Crippen molar-refractivity contribution >= 4 is 38.9 Å². The maximum atomic E-state index is 12.6. The predicted octanol–water partition coefficient (Wildman–Crippen LogP) is 3.71. The molecule has 6 nitrogen and oxygen atoms in total. The molecule has 0 spiro atoms. The van der Waals surface area contributed by atoms with Crippen molar-refractivity contribution in [3.8, 4) is 11.5 Å². The Labute approximate surface area is 159 Å². The largest absolute Gasteiger partial charge is 0.504 e. The highest BCUT2D eigenvalue weighted by Gasteiger charge is 2.45. The van der Waals surface area contributed by atoms with Crippen LogP contribution in [0.25, 0.3) is 10.2 Å². The molecule has 2 aromatic carbocycles. The van der Waals surface area contributed by atoms with E-state index < -0.39 is 5.92 Å². The highest BCUT2D eigenvalue weighted by Crippen LogP contribution is 2.49. The average Bonchev–Trinajstić information content (AvgIpc) is 3.22. The van der Waals surface area contributed by atoms with E-state index >= 15 is 0 Å². The fraction of sp³-hybridized carbons (Fsp3) is 0.250. The van der Waals surface area contributed by atoms with Crippen molar-refractivity contribution in [3.63, 3.8) is 0 Å². The Morgan fingerprint density at radius 2 is 2.11 bits per heavy atom. The van der Waals surface area contributed by atoms with Crippen LogP contribution >= 0.6 is 11.3 Å². The molecule has 0 amide bonds. The van der Waals surface area contributed by atoms with Crippen LogP contribution in [-0.2, 0) is 9.53 Å². The summed E-state index contributed by atoms with van der Waals surface area (Å²) >= 11 is 1.60. The smallest absolute Gasteiger partial charge is 0.316 e. The highest BCUT2D eigenvalue weighted by atomic mass is 32.1. The number of ether oxygens (including phenoxy) is 2. The number of benzene rings is 2. The molecule has 1 N–H and O–H groups in total. The Morgan fingerprint density at radius 1 is 1.26 bits per heavy atom. The van der Waals surface area contributed by atoms with Crippen LogP contribution in [0.5, 0.6) is 11.5 Å². The summed E-state index contributed by atoms with van der Waals surface area (Å²) in [5, 5.41) is 11.0. The number of phenolic OH excluding ortho intramolecular Hbond substituents is 1. The van der Waals surface area contributed by atoms with Gasteiger partial charge in [-0.25, -0.2) is 4.98 Å². The number of nitrogens with zero attached hydrogens (tertiary/aromatic N) is 2. The first-order chi connectivity index (χ1) is 13.1. The van der Waals surface area contributed by atoms with Crippen LogP contribution in [0.3, 0.4) is 0 Å². The standard InChI is InChI=1S/C20H16N2O4S/c1-9-21-12-5-4-11-17(19(12)27-9)16(18-13(22-11)8-26-20(18)24)10-3-6-14(23)15(7-10)25-2/h3-7,16,18,23H,8H2,1-2H3. The van der Waals surface area contributed by atoms with Gasteiger partial charge >= 0.3 is 5.97 Å². The quantitative estimate of drug-likeness (QED) is 0.686. The van der Waals surface area contributed by atoms with Crippen LogP contribution in [0.4, 0.5) is 5.69 Å². The number of methoxy groups -OCH3 is 1. The minimum absolute atomic E-state index is 0.0621. The van der Waals surface area contributed by atoms with Crippen LogP contribution in [0.2, 0.25) is 0 Å². The predicted molar refractivity (Wildman–Crippen MR) is 102 cm³/mol. The number of phenols is 1. The lowest BCUT2D eigenvalue weighted by atomic mass is 9.76. The molecule has 7 heteroatoms. The van der Waals surface area contributed by atoms with Crippen molar-refractivity contribution in [1.82, 2.24) is 4.98 Å². The van der Waals surface area contributed by atoms with E-state index in [4.69, 9.17) is 14.5 Å². The molecule has 1 aromatic heterocycles. The molecule has 0 bridgehead atoms. The summed E-state index contributed by atoms with van der Waals surface area (Å²) in [5.41, 5.74) is 4.34. The molecule has 3 heterocycles. The van der Waals surface area contributed by atoms with Crippen molar-refractivity contribution in [1.29, 1.82) is 0 Å². The fourth-order valence-corrected chi connectivity index (χ4v) is 4.97. The Hall–Kier alpha value is -2.93. The normalized spacial score (nSPS) is 20.8.